The van der Waals surface area contributed by atoms with Gasteiger partial charge in [-0.3, -0.25) is 0 Å². The Morgan fingerprint density at radius 1 is 0.311 bits per heavy atom. The van der Waals surface area contributed by atoms with E-state index in [9.17, 15) is 0 Å². The quantitative estimate of drug-likeness (QED) is 0.162. The summed E-state index contributed by atoms with van der Waals surface area (Å²) in [5, 5.41) is 9.63. The molecule has 0 aliphatic carbocycles. The molecule has 0 fully saturated rings. The molecule has 8 heteroatoms. The van der Waals surface area contributed by atoms with Crippen LogP contribution >= 0.6 is 0 Å². The Morgan fingerprint density at radius 3 is 1.18 bits per heavy atom. The van der Waals surface area contributed by atoms with Gasteiger partial charge in [0.2, 0.25) is 0 Å². The number of hydrogen-bond donors (Lipinski definition) is 0. The molecule has 4 aliphatic rings. The Balaban J connectivity index is 1.02. The fourth-order valence-electron chi connectivity index (χ4n) is 14.5. The fourth-order valence-corrected chi connectivity index (χ4v) is 14.5. The van der Waals surface area contributed by atoms with E-state index in [1.54, 1.807) is 0 Å². The zero-order valence-electron chi connectivity index (χ0n) is 39.5. The summed E-state index contributed by atoms with van der Waals surface area (Å²) >= 11 is 0. The highest BCUT2D eigenvalue weighted by Gasteiger charge is 2.48. The van der Waals surface area contributed by atoms with Crippen molar-refractivity contribution in [1.29, 1.82) is 0 Å². The van der Waals surface area contributed by atoms with Crippen molar-refractivity contribution in [2.24, 2.45) is 0 Å². The topological polar surface area (TPSA) is 42.6 Å². The van der Waals surface area contributed by atoms with Crippen molar-refractivity contribution in [2.45, 2.75) is 0 Å². The van der Waals surface area contributed by atoms with Gasteiger partial charge in [-0.1, -0.05) is 146 Å². The smallest absolute Gasteiger partial charge is 0.333 e. The third-order valence-electron chi connectivity index (χ3n) is 17.2. The predicted molar refractivity (Wildman–Crippen MR) is 308 cm³/mol. The second-order valence-electron chi connectivity index (χ2n) is 20.6. The fraction of sp³-hybridized carbons (Fsp3) is 0. The zero-order valence-corrected chi connectivity index (χ0v) is 39.5. The monoisotopic (exact) mass is 938 g/mol. The summed E-state index contributed by atoms with van der Waals surface area (Å²) in [5.74, 6) is 0. The van der Waals surface area contributed by atoms with E-state index in [1.807, 2.05) is 0 Å². The number of rotatable bonds is 2. The number of nitrogens with zero attached hydrogens (tertiary/aromatic N) is 4. The molecular formula is C66H36B2N4O2. The summed E-state index contributed by atoms with van der Waals surface area (Å²) in [6.45, 7) is -0.286. The van der Waals surface area contributed by atoms with Gasteiger partial charge in [0.1, 0.15) is 22.3 Å². The van der Waals surface area contributed by atoms with Gasteiger partial charge in [-0.25, -0.2) is 0 Å². The van der Waals surface area contributed by atoms with Gasteiger partial charge in [0.05, 0.1) is 0 Å². The first-order valence-corrected chi connectivity index (χ1v) is 25.7. The van der Waals surface area contributed by atoms with E-state index in [2.05, 4.69) is 237 Å². The minimum Gasteiger partial charge on any atom is -0.456 e. The highest BCUT2D eigenvalue weighted by molar-refractivity contribution is 6.92. The average molecular weight is 939 g/mol. The number of aromatic nitrogens is 2. The lowest BCUT2D eigenvalue weighted by atomic mass is 9.44. The Labute approximate surface area is 423 Å². The molecule has 0 N–H and O–H groups in total. The van der Waals surface area contributed by atoms with Crippen molar-refractivity contribution >= 4 is 157 Å². The van der Waals surface area contributed by atoms with Crippen LogP contribution in [0.4, 0.5) is 34.1 Å². The molecule has 338 valence electrons. The molecule has 0 spiro atoms. The van der Waals surface area contributed by atoms with Crippen molar-refractivity contribution in [3.63, 3.8) is 0 Å². The summed E-state index contributed by atoms with van der Waals surface area (Å²) in [6.07, 6.45) is 0. The van der Waals surface area contributed by atoms with Gasteiger partial charge in [0, 0.05) is 123 Å². The second kappa shape index (κ2) is 13.2. The Bertz CT molecular complexity index is 4750. The van der Waals surface area contributed by atoms with Crippen LogP contribution in [0.1, 0.15) is 0 Å². The van der Waals surface area contributed by atoms with Gasteiger partial charge in [0.15, 0.2) is 0 Å². The molecule has 0 atom stereocenters. The molecular weight excluding hydrogens is 902 g/mol. The molecule has 11 aromatic carbocycles. The predicted octanol–water partition coefficient (Wildman–Crippen LogP) is 14.5. The van der Waals surface area contributed by atoms with Gasteiger partial charge < -0.3 is 27.6 Å². The summed E-state index contributed by atoms with van der Waals surface area (Å²) in [6, 6.07) is 80.8. The van der Waals surface area contributed by atoms with E-state index in [-0.39, 0.29) is 13.7 Å². The number of hydrogen-bond acceptors (Lipinski definition) is 4. The van der Waals surface area contributed by atoms with Crippen LogP contribution in [-0.2, 0) is 0 Å². The first-order valence-electron chi connectivity index (χ1n) is 25.7. The van der Waals surface area contributed by atoms with E-state index in [0.29, 0.717) is 0 Å². The minimum atomic E-state index is -0.143. The maximum absolute atomic E-state index is 6.71. The number of anilines is 6. The van der Waals surface area contributed by atoms with Gasteiger partial charge in [-0.05, 0) is 93.6 Å². The molecule has 0 radical (unpaired) electrons. The summed E-state index contributed by atoms with van der Waals surface area (Å²) in [5.41, 5.74) is 25.7. The first kappa shape index (κ1) is 38.1. The molecule has 4 aliphatic heterocycles. The molecule has 4 aromatic heterocycles. The molecule has 8 heterocycles. The molecule has 6 nitrogen and oxygen atoms in total. The normalized spacial score (nSPS) is 13.8. The van der Waals surface area contributed by atoms with Gasteiger partial charge >= 0.3 is 13.7 Å². The van der Waals surface area contributed by atoms with Crippen LogP contribution in [0.3, 0.4) is 0 Å². The number of para-hydroxylation sites is 6. The number of fused-ring (bicyclic) bond motifs is 22. The van der Waals surface area contributed by atoms with E-state index in [4.69, 9.17) is 8.83 Å². The Morgan fingerprint density at radius 2 is 0.716 bits per heavy atom. The van der Waals surface area contributed by atoms with Gasteiger partial charge in [-0.15, -0.1) is 0 Å². The van der Waals surface area contributed by atoms with E-state index < -0.39 is 0 Å². The largest absolute Gasteiger partial charge is 0.456 e. The molecule has 0 saturated carbocycles. The maximum atomic E-state index is 6.71. The summed E-state index contributed by atoms with van der Waals surface area (Å²) in [4.78, 5) is 4.97. The van der Waals surface area contributed by atoms with Crippen molar-refractivity contribution in [1.82, 2.24) is 8.96 Å². The van der Waals surface area contributed by atoms with Crippen LogP contribution in [0.25, 0.3) is 110 Å². The molecule has 0 amide bonds. The van der Waals surface area contributed by atoms with Crippen molar-refractivity contribution in [3.05, 3.63) is 218 Å². The molecule has 19 rings (SSSR count). The van der Waals surface area contributed by atoms with Crippen LogP contribution in [0, 0.1) is 0 Å². The van der Waals surface area contributed by atoms with Crippen molar-refractivity contribution < 1.29 is 8.83 Å². The van der Waals surface area contributed by atoms with Gasteiger partial charge in [-0.2, -0.15) is 0 Å². The molecule has 0 unspecified atom stereocenters. The van der Waals surface area contributed by atoms with Crippen LogP contribution in [0.15, 0.2) is 227 Å². The Kier molecular flexibility index (Phi) is 6.82. The average Bonchev–Trinajstić information content (AvgIpc) is 4.30. The van der Waals surface area contributed by atoms with Crippen LogP contribution in [0.2, 0.25) is 0 Å². The maximum Gasteiger partial charge on any atom is 0.333 e. The van der Waals surface area contributed by atoms with E-state index >= 15 is 0 Å². The lowest BCUT2D eigenvalue weighted by Crippen LogP contribution is -2.57. The van der Waals surface area contributed by atoms with E-state index in [0.717, 1.165) is 66.6 Å². The standard InChI is InChI=1S/C66H36B2N4O2/c1-3-17-37(18-4-1)69-51-29-15-25-43-61-59-42-24-8-12-28-50(42)72-66(59)62(60-41-23-7-11-27-49(41)71(65(60)61)67(63(43)51)47-33-45-39-21-9-13-31-55(39)73-57(45)35-53(47)69)44-26-16-30-52-64(44)68(72)48-34-46-40-22-10-14-32-56(40)74-58(46)36-54(48)70(52)38-19-5-2-6-20-38/h1-36H. The molecule has 74 heavy (non-hydrogen) atoms. The SMILES string of the molecule is c1ccc(N2c3cc4oc5ccccc5c4cc3B3c4c(cccc42)-c2c4c5ccccc5n5c4c(c4c6ccccc6n3c24)-c2cccc3c2B5c2cc4c(cc2N3c2ccccc2)oc2ccccc24)cc1. The van der Waals surface area contributed by atoms with Crippen LogP contribution in [-0.4, -0.2) is 22.7 Å². The third kappa shape index (κ3) is 4.42. The second-order valence-corrected chi connectivity index (χ2v) is 20.6. The lowest BCUT2D eigenvalue weighted by Gasteiger charge is -2.41. The molecule has 0 saturated heterocycles. The summed E-state index contributed by atoms with van der Waals surface area (Å²) in [7, 11) is 0. The van der Waals surface area contributed by atoms with Crippen molar-refractivity contribution in [2.75, 3.05) is 9.80 Å². The van der Waals surface area contributed by atoms with E-state index in [1.165, 1.54) is 99.1 Å². The zero-order chi connectivity index (χ0) is 47.7. The Hall–Kier alpha value is -9.65. The highest BCUT2D eigenvalue weighted by atomic mass is 16.3. The van der Waals surface area contributed by atoms with Crippen molar-refractivity contribution in [3.8, 4) is 22.3 Å². The first-order chi connectivity index (χ1) is 36.8. The molecule has 15 aromatic rings. The highest BCUT2D eigenvalue weighted by Crippen LogP contribution is 2.56. The summed E-state index contributed by atoms with van der Waals surface area (Å²) < 4.78 is 18.9. The van der Waals surface area contributed by atoms with Gasteiger partial charge in [0.25, 0.3) is 0 Å². The van der Waals surface area contributed by atoms with Crippen LogP contribution < -0.4 is 31.7 Å². The number of furan rings is 2. The minimum absolute atomic E-state index is 0.143. The lowest BCUT2D eigenvalue weighted by molar-refractivity contribution is 0.668. The third-order valence-corrected chi connectivity index (χ3v) is 17.2. The molecule has 0 bridgehead atoms. The van der Waals surface area contributed by atoms with Crippen LogP contribution in [0.5, 0.6) is 0 Å². The number of benzene rings is 11.